The summed E-state index contributed by atoms with van der Waals surface area (Å²) in [6.45, 7) is 9.93. The van der Waals surface area contributed by atoms with Crippen molar-refractivity contribution in [2.75, 3.05) is 5.73 Å². The smallest absolute Gasteiger partial charge is 0.344 e. The highest BCUT2D eigenvalue weighted by Crippen LogP contribution is 2.33. The summed E-state index contributed by atoms with van der Waals surface area (Å²) in [7, 11) is 0. The van der Waals surface area contributed by atoms with E-state index in [0.717, 1.165) is 6.07 Å². The molecule has 6 N–H and O–H groups in total. The molecule has 0 saturated heterocycles. The van der Waals surface area contributed by atoms with E-state index in [0.29, 0.717) is 0 Å². The number of carbonyl (C=O) groups excluding carboxylic acids is 2. The van der Waals surface area contributed by atoms with Crippen LogP contribution in [-0.4, -0.2) is 34.1 Å². The first-order valence-corrected chi connectivity index (χ1v) is 7.60. The highest BCUT2D eigenvalue weighted by Gasteiger charge is 2.30. The number of carbonyl (C=O) groups is 2. The minimum absolute atomic E-state index is 0.182. The fourth-order valence-corrected chi connectivity index (χ4v) is 1.93. The first-order valence-electron chi connectivity index (χ1n) is 7.60. The Labute approximate surface area is 146 Å². The quantitative estimate of drug-likeness (QED) is 0.282. The Bertz CT molecular complexity index is 727. The van der Waals surface area contributed by atoms with Crippen LogP contribution < -0.4 is 11.5 Å². The predicted octanol–water partition coefficient (Wildman–Crippen LogP) is 2.17. The Hall–Kier alpha value is -2.77. The summed E-state index contributed by atoms with van der Waals surface area (Å²) in [6, 6.07) is 1.12. The number of nitrogen functional groups attached to an aromatic ring is 2. The molecular weight excluding hydrogens is 326 g/mol. The molecule has 1 rings (SSSR count). The monoisotopic (exact) mass is 351 g/mol. The van der Waals surface area contributed by atoms with Gasteiger partial charge in [0.05, 0.1) is 16.8 Å². The lowest BCUT2D eigenvalue weighted by Gasteiger charge is -2.23. The third-order valence-corrected chi connectivity index (χ3v) is 2.85. The zero-order valence-electron chi connectivity index (χ0n) is 15.3. The van der Waals surface area contributed by atoms with Crippen LogP contribution in [0.25, 0.3) is 0 Å². The van der Waals surface area contributed by atoms with Crippen LogP contribution in [0.3, 0.4) is 0 Å². The number of phenolic OH excluding ortho intramolecular Hbond substituents is 1. The lowest BCUT2D eigenvalue weighted by Crippen LogP contribution is -2.27. The number of esters is 2. The van der Waals surface area contributed by atoms with Gasteiger partial charge in [-0.2, -0.15) is 0 Å². The van der Waals surface area contributed by atoms with E-state index in [2.05, 4.69) is 0 Å². The molecule has 0 atom stereocenters. The van der Waals surface area contributed by atoms with Crippen molar-refractivity contribution in [1.29, 1.82) is 5.41 Å². The standard InChI is InChI=1S/C17H25N3O5/c1-16(2,3)24-14(22)8-7-9(13(19)20)12(21)10(11(8)18)15(23)25-17(4,5)6/h7,21H,18H2,1-6H3,(H3,19,20). The second-order valence-electron chi connectivity index (χ2n) is 7.53. The van der Waals surface area contributed by atoms with Crippen LogP contribution in [0.2, 0.25) is 0 Å². The fraction of sp³-hybridized carbons (Fsp3) is 0.471. The highest BCUT2D eigenvalue weighted by molar-refractivity contribution is 6.11. The molecule has 0 aromatic heterocycles. The van der Waals surface area contributed by atoms with Crippen LogP contribution in [0.4, 0.5) is 5.69 Å². The number of rotatable bonds is 3. The largest absolute Gasteiger partial charge is 0.506 e. The van der Waals surface area contributed by atoms with Gasteiger partial charge in [-0.1, -0.05) is 0 Å². The van der Waals surface area contributed by atoms with Gasteiger partial charge in [0.1, 0.15) is 28.4 Å². The zero-order valence-corrected chi connectivity index (χ0v) is 15.3. The van der Waals surface area contributed by atoms with Gasteiger partial charge >= 0.3 is 11.9 Å². The van der Waals surface area contributed by atoms with E-state index in [-0.39, 0.29) is 16.8 Å². The van der Waals surface area contributed by atoms with Gasteiger partial charge in [-0.3, -0.25) is 5.41 Å². The van der Waals surface area contributed by atoms with Crippen molar-refractivity contribution in [3.63, 3.8) is 0 Å². The number of benzene rings is 1. The summed E-state index contributed by atoms with van der Waals surface area (Å²) in [5, 5.41) is 17.8. The molecule has 0 unspecified atom stereocenters. The number of hydrogen-bond acceptors (Lipinski definition) is 7. The molecule has 0 radical (unpaired) electrons. The van der Waals surface area contributed by atoms with Crippen molar-refractivity contribution in [3.05, 3.63) is 22.8 Å². The molecule has 0 aliphatic rings. The van der Waals surface area contributed by atoms with Gasteiger partial charge in [0, 0.05) is 0 Å². The molecule has 0 spiro atoms. The SMILES string of the molecule is CC(C)(C)OC(=O)c1cc(C(=N)N)c(O)c(C(=O)OC(C)(C)C)c1N. The summed E-state index contributed by atoms with van der Waals surface area (Å²) < 4.78 is 10.5. The molecule has 1 aromatic carbocycles. The molecule has 0 aliphatic heterocycles. The van der Waals surface area contributed by atoms with Gasteiger partial charge in [-0.15, -0.1) is 0 Å². The maximum atomic E-state index is 12.4. The minimum atomic E-state index is -0.935. The third-order valence-electron chi connectivity index (χ3n) is 2.85. The average molecular weight is 351 g/mol. The molecule has 138 valence electrons. The van der Waals surface area contributed by atoms with Gasteiger partial charge in [0.2, 0.25) is 0 Å². The molecular formula is C17H25N3O5. The van der Waals surface area contributed by atoms with E-state index in [1.54, 1.807) is 41.5 Å². The van der Waals surface area contributed by atoms with E-state index >= 15 is 0 Å². The van der Waals surface area contributed by atoms with Crippen LogP contribution in [0.5, 0.6) is 5.75 Å². The lowest BCUT2D eigenvalue weighted by atomic mass is 9.99. The number of anilines is 1. The number of nitrogens with two attached hydrogens (primary N) is 2. The minimum Gasteiger partial charge on any atom is -0.506 e. The summed E-state index contributed by atoms with van der Waals surface area (Å²) >= 11 is 0. The number of nitrogens with one attached hydrogen (secondary N) is 1. The fourth-order valence-electron chi connectivity index (χ4n) is 1.93. The Morgan fingerprint density at radius 2 is 1.44 bits per heavy atom. The van der Waals surface area contributed by atoms with E-state index in [1.807, 2.05) is 0 Å². The first-order chi connectivity index (χ1) is 11.1. The lowest BCUT2D eigenvalue weighted by molar-refractivity contribution is 0.00661. The molecule has 0 saturated carbocycles. The molecule has 0 bridgehead atoms. The van der Waals surface area contributed by atoms with Gasteiger partial charge in [0.15, 0.2) is 0 Å². The van der Waals surface area contributed by atoms with Crippen molar-refractivity contribution < 1.29 is 24.2 Å². The van der Waals surface area contributed by atoms with E-state index in [4.69, 9.17) is 26.4 Å². The Morgan fingerprint density at radius 1 is 1.00 bits per heavy atom. The predicted molar refractivity (Wildman–Crippen MR) is 93.9 cm³/mol. The molecule has 8 nitrogen and oxygen atoms in total. The first kappa shape index (κ1) is 20.3. The van der Waals surface area contributed by atoms with Crippen LogP contribution in [-0.2, 0) is 9.47 Å². The average Bonchev–Trinajstić information content (AvgIpc) is 2.33. The summed E-state index contributed by atoms with van der Waals surface area (Å²) in [5.74, 6) is -2.90. The van der Waals surface area contributed by atoms with Crippen molar-refractivity contribution in [1.82, 2.24) is 0 Å². The second-order valence-corrected chi connectivity index (χ2v) is 7.53. The van der Waals surface area contributed by atoms with Gasteiger partial charge in [0.25, 0.3) is 0 Å². The van der Waals surface area contributed by atoms with E-state index in [9.17, 15) is 14.7 Å². The molecule has 8 heteroatoms. The summed E-state index contributed by atoms with van der Waals surface area (Å²) in [4.78, 5) is 24.8. The Kier molecular flexibility index (Phi) is 5.37. The zero-order chi connectivity index (χ0) is 19.7. The second kappa shape index (κ2) is 6.62. The van der Waals surface area contributed by atoms with Gasteiger partial charge < -0.3 is 26.0 Å². The molecule has 25 heavy (non-hydrogen) atoms. The Balaban J connectivity index is 3.58. The number of amidine groups is 1. The topological polar surface area (TPSA) is 149 Å². The van der Waals surface area contributed by atoms with Gasteiger partial charge in [-0.25, -0.2) is 9.59 Å². The Morgan fingerprint density at radius 3 is 1.84 bits per heavy atom. The third kappa shape index (κ3) is 5.10. The van der Waals surface area contributed by atoms with Crippen LogP contribution in [0.1, 0.15) is 67.8 Å². The summed E-state index contributed by atoms with van der Waals surface area (Å²) in [6.07, 6.45) is 0. The number of aromatic hydroxyl groups is 1. The van der Waals surface area contributed by atoms with Crippen molar-refractivity contribution in [3.8, 4) is 5.75 Å². The van der Waals surface area contributed by atoms with Crippen molar-refractivity contribution in [2.24, 2.45) is 5.73 Å². The molecule has 0 amide bonds. The summed E-state index contributed by atoms with van der Waals surface area (Å²) in [5.41, 5.74) is 8.58. The van der Waals surface area contributed by atoms with Crippen LogP contribution >= 0.6 is 0 Å². The molecule has 0 fully saturated rings. The van der Waals surface area contributed by atoms with Crippen molar-refractivity contribution >= 4 is 23.5 Å². The number of hydrogen-bond donors (Lipinski definition) is 4. The van der Waals surface area contributed by atoms with Crippen LogP contribution in [0, 0.1) is 5.41 Å². The molecule has 0 aliphatic carbocycles. The molecule has 0 heterocycles. The highest BCUT2D eigenvalue weighted by atomic mass is 16.6. The van der Waals surface area contributed by atoms with Gasteiger partial charge in [-0.05, 0) is 47.6 Å². The molecule has 1 aromatic rings. The number of phenols is 1. The van der Waals surface area contributed by atoms with E-state index in [1.165, 1.54) is 0 Å². The number of ether oxygens (including phenoxy) is 2. The maximum Gasteiger partial charge on any atom is 0.344 e. The van der Waals surface area contributed by atoms with Crippen molar-refractivity contribution in [2.45, 2.75) is 52.7 Å². The maximum absolute atomic E-state index is 12.4. The normalized spacial score (nSPS) is 11.8. The van der Waals surface area contributed by atoms with E-state index < -0.39 is 40.3 Å². The van der Waals surface area contributed by atoms with Crippen LogP contribution in [0.15, 0.2) is 6.07 Å².